The number of benzene rings is 3. The van der Waals surface area contributed by atoms with Crippen molar-refractivity contribution in [2.75, 3.05) is 13.1 Å². The van der Waals surface area contributed by atoms with Crippen molar-refractivity contribution in [3.8, 4) is 5.75 Å². The Balaban J connectivity index is 1.66. The number of halogens is 1. The van der Waals surface area contributed by atoms with Gasteiger partial charge in [-0.3, -0.25) is 29.4 Å². The number of carboxylic acid groups (broad SMARTS) is 1. The molecule has 1 aliphatic rings. The number of carbonyl (C=O) groups is 4. The molecule has 0 aliphatic carbocycles. The summed E-state index contributed by atoms with van der Waals surface area (Å²) in [6.07, 6.45) is -3.14. The molecule has 3 amide bonds. The topological polar surface area (TPSA) is 159 Å². The van der Waals surface area contributed by atoms with Gasteiger partial charge in [0.2, 0.25) is 0 Å². The van der Waals surface area contributed by atoms with Crippen LogP contribution in [-0.4, -0.2) is 63.0 Å². The number of carbonyl (C=O) groups excluding carboxylic acids is 3. The maximum Gasteiger partial charge on any atom is 0.417 e. The first-order valence-electron chi connectivity index (χ1n) is 12.0. The molecular weight excluding hydrogens is 527 g/mol. The molecule has 2 unspecified atom stereocenters. The lowest BCUT2D eigenvalue weighted by Gasteiger charge is -2.30. The van der Waals surface area contributed by atoms with Crippen molar-refractivity contribution in [2.45, 2.75) is 18.6 Å². The van der Waals surface area contributed by atoms with Gasteiger partial charge >= 0.3 is 12.1 Å². The standard InChI is InChI=1S/C27H23FN4O8/c28-19-11-9-17(10-12-19)26(36)30-13-14-31(27(37)40-21-7-2-1-3-8-21)25(30)24(35)29-22(16-23(33)34)18-5-4-6-20(15-18)32(38)39/h1-12,15,22,25H,13-14,16H2,(H,29,35)(H,33,34). The maximum atomic E-state index is 13.7. The number of amides is 3. The maximum absolute atomic E-state index is 13.7. The van der Waals surface area contributed by atoms with E-state index in [0.717, 1.165) is 28.0 Å². The number of nitrogens with zero attached hydrogens (tertiary/aromatic N) is 3. The first-order valence-corrected chi connectivity index (χ1v) is 12.0. The van der Waals surface area contributed by atoms with Crippen molar-refractivity contribution in [3.63, 3.8) is 0 Å². The Morgan fingerprint density at radius 3 is 2.33 bits per heavy atom. The van der Waals surface area contributed by atoms with Crippen LogP contribution in [0.15, 0.2) is 78.9 Å². The Labute approximate surface area is 226 Å². The highest BCUT2D eigenvalue weighted by Gasteiger charge is 2.44. The second-order valence-corrected chi connectivity index (χ2v) is 8.76. The Morgan fingerprint density at radius 1 is 1.00 bits per heavy atom. The van der Waals surface area contributed by atoms with E-state index in [1.807, 2.05) is 0 Å². The van der Waals surface area contributed by atoms with Crippen LogP contribution in [0, 0.1) is 15.9 Å². The van der Waals surface area contributed by atoms with Crippen LogP contribution >= 0.6 is 0 Å². The van der Waals surface area contributed by atoms with Crippen LogP contribution in [0.3, 0.4) is 0 Å². The lowest BCUT2D eigenvalue weighted by molar-refractivity contribution is -0.384. The molecule has 0 saturated carbocycles. The van der Waals surface area contributed by atoms with E-state index < -0.39 is 53.2 Å². The molecule has 1 saturated heterocycles. The second-order valence-electron chi connectivity index (χ2n) is 8.76. The molecule has 2 N–H and O–H groups in total. The molecule has 40 heavy (non-hydrogen) atoms. The van der Waals surface area contributed by atoms with E-state index in [-0.39, 0.29) is 35.7 Å². The normalized spacial score (nSPS) is 15.3. The van der Waals surface area contributed by atoms with Gasteiger partial charge in [-0.1, -0.05) is 30.3 Å². The highest BCUT2D eigenvalue weighted by Crippen LogP contribution is 2.25. The molecule has 0 bridgehead atoms. The summed E-state index contributed by atoms with van der Waals surface area (Å²) in [4.78, 5) is 64.4. The minimum Gasteiger partial charge on any atom is -0.481 e. The third-order valence-electron chi connectivity index (χ3n) is 6.12. The van der Waals surface area contributed by atoms with E-state index in [1.165, 1.54) is 42.5 Å². The number of rotatable bonds is 8. The van der Waals surface area contributed by atoms with E-state index in [2.05, 4.69) is 5.32 Å². The van der Waals surface area contributed by atoms with Crippen molar-refractivity contribution < 1.29 is 38.3 Å². The number of ether oxygens (including phenoxy) is 1. The predicted octanol–water partition coefficient (Wildman–Crippen LogP) is 3.35. The fourth-order valence-electron chi connectivity index (χ4n) is 4.25. The summed E-state index contributed by atoms with van der Waals surface area (Å²) in [5.41, 5.74) is -0.125. The third kappa shape index (κ3) is 6.38. The lowest BCUT2D eigenvalue weighted by Crippen LogP contribution is -2.55. The fraction of sp³-hybridized carbons (Fsp3) is 0.185. The lowest BCUT2D eigenvalue weighted by atomic mass is 10.0. The van der Waals surface area contributed by atoms with Gasteiger partial charge in [-0.25, -0.2) is 9.18 Å². The minimum atomic E-state index is -1.57. The van der Waals surface area contributed by atoms with E-state index in [0.29, 0.717) is 0 Å². The number of nitro benzene ring substituents is 1. The summed E-state index contributed by atoms with van der Waals surface area (Å²) in [6, 6.07) is 16.5. The van der Waals surface area contributed by atoms with Gasteiger partial charge in [-0.05, 0) is 42.0 Å². The molecule has 12 nitrogen and oxygen atoms in total. The molecule has 206 valence electrons. The summed E-state index contributed by atoms with van der Waals surface area (Å²) >= 11 is 0. The third-order valence-corrected chi connectivity index (χ3v) is 6.12. The number of non-ortho nitro benzene ring substituents is 1. The van der Waals surface area contributed by atoms with Crippen LogP contribution in [-0.2, 0) is 9.59 Å². The van der Waals surface area contributed by atoms with Crippen molar-refractivity contribution in [1.82, 2.24) is 15.1 Å². The summed E-state index contributed by atoms with van der Waals surface area (Å²) in [6.45, 7) is -0.185. The second kappa shape index (κ2) is 12.0. The van der Waals surface area contributed by atoms with E-state index in [1.54, 1.807) is 18.2 Å². The van der Waals surface area contributed by atoms with Crippen LogP contribution in [0.25, 0.3) is 0 Å². The number of nitrogens with one attached hydrogen (secondary N) is 1. The summed E-state index contributed by atoms with van der Waals surface area (Å²) in [5.74, 6) is -3.29. The summed E-state index contributed by atoms with van der Waals surface area (Å²) < 4.78 is 18.8. The summed E-state index contributed by atoms with van der Waals surface area (Å²) in [5, 5.41) is 23.2. The number of hydrogen-bond donors (Lipinski definition) is 2. The van der Waals surface area contributed by atoms with Gasteiger partial charge in [0.1, 0.15) is 11.6 Å². The number of hydrogen-bond acceptors (Lipinski definition) is 7. The van der Waals surface area contributed by atoms with Crippen molar-refractivity contribution in [1.29, 1.82) is 0 Å². The fourth-order valence-corrected chi connectivity index (χ4v) is 4.25. The molecule has 13 heteroatoms. The zero-order valence-corrected chi connectivity index (χ0v) is 20.8. The first-order chi connectivity index (χ1) is 19.1. The predicted molar refractivity (Wildman–Crippen MR) is 137 cm³/mol. The van der Waals surface area contributed by atoms with Gasteiger partial charge in [-0.2, -0.15) is 0 Å². The van der Waals surface area contributed by atoms with E-state index >= 15 is 0 Å². The molecule has 0 radical (unpaired) electrons. The molecule has 2 atom stereocenters. The quantitative estimate of drug-likeness (QED) is 0.319. The monoisotopic (exact) mass is 550 g/mol. The summed E-state index contributed by atoms with van der Waals surface area (Å²) in [7, 11) is 0. The van der Waals surface area contributed by atoms with Gasteiger partial charge in [0.25, 0.3) is 17.5 Å². The van der Waals surface area contributed by atoms with Gasteiger partial charge < -0.3 is 20.1 Å². The number of aliphatic carboxylic acids is 1. The van der Waals surface area contributed by atoms with Crippen LogP contribution in [0.4, 0.5) is 14.9 Å². The Hall–Kier alpha value is -5.33. The first kappa shape index (κ1) is 27.7. The molecule has 1 aliphatic heterocycles. The molecule has 1 heterocycles. The Kier molecular flexibility index (Phi) is 8.33. The zero-order chi connectivity index (χ0) is 28.8. The number of nitro groups is 1. The Bertz CT molecular complexity index is 1430. The average Bonchev–Trinajstić information content (AvgIpc) is 3.39. The highest BCUT2D eigenvalue weighted by molar-refractivity contribution is 5.99. The number of para-hydroxylation sites is 1. The smallest absolute Gasteiger partial charge is 0.417 e. The van der Waals surface area contributed by atoms with Crippen molar-refractivity contribution in [2.24, 2.45) is 0 Å². The molecule has 1 fully saturated rings. The highest BCUT2D eigenvalue weighted by atomic mass is 19.1. The zero-order valence-electron chi connectivity index (χ0n) is 20.8. The van der Waals surface area contributed by atoms with Gasteiger partial charge in [0.15, 0.2) is 6.17 Å². The van der Waals surface area contributed by atoms with Crippen LogP contribution in [0.5, 0.6) is 5.75 Å². The van der Waals surface area contributed by atoms with Crippen LogP contribution in [0.2, 0.25) is 0 Å². The van der Waals surface area contributed by atoms with E-state index in [9.17, 15) is 38.8 Å². The van der Waals surface area contributed by atoms with Crippen LogP contribution in [0.1, 0.15) is 28.4 Å². The molecule has 0 aromatic heterocycles. The van der Waals surface area contributed by atoms with E-state index in [4.69, 9.17) is 4.74 Å². The molecule has 3 aromatic rings. The Morgan fingerprint density at radius 2 is 1.68 bits per heavy atom. The molecular formula is C27H23FN4O8. The average molecular weight is 550 g/mol. The van der Waals surface area contributed by atoms with Gasteiger partial charge in [-0.15, -0.1) is 0 Å². The molecule has 3 aromatic carbocycles. The SMILES string of the molecule is O=C(O)CC(NC(=O)C1N(C(=O)Oc2ccccc2)CCN1C(=O)c1ccc(F)cc1)c1cccc([N+](=O)[O-])c1. The largest absolute Gasteiger partial charge is 0.481 e. The van der Waals surface area contributed by atoms with Gasteiger partial charge in [0.05, 0.1) is 17.4 Å². The van der Waals surface area contributed by atoms with Crippen molar-refractivity contribution >= 4 is 29.6 Å². The molecule has 0 spiro atoms. The van der Waals surface area contributed by atoms with Crippen molar-refractivity contribution in [3.05, 3.63) is 106 Å². The molecule has 4 rings (SSSR count). The number of carboxylic acids is 1. The van der Waals surface area contributed by atoms with Crippen LogP contribution < -0.4 is 10.1 Å². The minimum absolute atomic E-state index is 0.0539. The van der Waals surface area contributed by atoms with Gasteiger partial charge in [0, 0.05) is 30.8 Å².